The summed E-state index contributed by atoms with van der Waals surface area (Å²) in [5.74, 6) is 0.864. The largest absolute Gasteiger partial charge is 0.508 e. The summed E-state index contributed by atoms with van der Waals surface area (Å²) in [6, 6.07) is 15.5. The van der Waals surface area contributed by atoms with Gasteiger partial charge in [0.1, 0.15) is 5.75 Å². The topological polar surface area (TPSA) is 66.3 Å². The SMILES string of the molecule is O=C1C[C@@H](c2ccccc2O)Cc2nc(N3CCc4ccccc43)ncc21. The van der Waals surface area contributed by atoms with Crippen LogP contribution in [-0.4, -0.2) is 27.4 Å². The fourth-order valence-corrected chi connectivity index (χ4v) is 4.16. The molecular formula is C22H19N3O2. The molecule has 134 valence electrons. The maximum atomic E-state index is 12.6. The molecule has 5 rings (SSSR count). The summed E-state index contributed by atoms with van der Waals surface area (Å²) in [6.45, 7) is 0.842. The van der Waals surface area contributed by atoms with Gasteiger partial charge >= 0.3 is 0 Å². The molecule has 1 aliphatic carbocycles. The molecule has 3 aromatic rings. The first-order valence-corrected chi connectivity index (χ1v) is 9.23. The number of hydrogen-bond acceptors (Lipinski definition) is 5. The summed E-state index contributed by atoms with van der Waals surface area (Å²) in [5.41, 5.74) is 4.62. The lowest BCUT2D eigenvalue weighted by atomic mass is 9.82. The van der Waals surface area contributed by atoms with Crippen LogP contribution in [0.2, 0.25) is 0 Å². The van der Waals surface area contributed by atoms with Crippen molar-refractivity contribution >= 4 is 17.4 Å². The molecule has 0 spiro atoms. The zero-order valence-electron chi connectivity index (χ0n) is 14.8. The van der Waals surface area contributed by atoms with Gasteiger partial charge in [-0.3, -0.25) is 4.79 Å². The van der Waals surface area contributed by atoms with Gasteiger partial charge in [-0.2, -0.15) is 0 Å². The fourth-order valence-electron chi connectivity index (χ4n) is 4.16. The van der Waals surface area contributed by atoms with Crippen LogP contribution < -0.4 is 4.90 Å². The van der Waals surface area contributed by atoms with Crippen LogP contribution in [0.3, 0.4) is 0 Å². The Kier molecular flexibility index (Phi) is 3.67. The van der Waals surface area contributed by atoms with Crippen molar-refractivity contribution < 1.29 is 9.90 Å². The first kappa shape index (κ1) is 16.0. The third kappa shape index (κ3) is 2.67. The molecule has 1 aromatic heterocycles. The number of anilines is 2. The van der Waals surface area contributed by atoms with Crippen LogP contribution in [-0.2, 0) is 12.8 Å². The number of carbonyl (C=O) groups is 1. The minimum atomic E-state index is -0.0557. The Bertz CT molecular complexity index is 1050. The normalized spacial score (nSPS) is 18.3. The molecule has 0 bridgehead atoms. The number of fused-ring (bicyclic) bond motifs is 2. The van der Waals surface area contributed by atoms with E-state index in [1.165, 1.54) is 5.56 Å². The van der Waals surface area contributed by atoms with Crippen molar-refractivity contribution in [2.45, 2.75) is 25.2 Å². The van der Waals surface area contributed by atoms with Gasteiger partial charge in [-0.1, -0.05) is 36.4 Å². The number of hydrogen-bond donors (Lipinski definition) is 1. The monoisotopic (exact) mass is 357 g/mol. The summed E-state index contributed by atoms with van der Waals surface area (Å²) in [6.07, 6.45) is 3.64. The molecule has 0 amide bonds. The van der Waals surface area contributed by atoms with E-state index in [0.717, 1.165) is 29.9 Å². The highest BCUT2D eigenvalue weighted by molar-refractivity contribution is 5.98. The van der Waals surface area contributed by atoms with Gasteiger partial charge in [0.2, 0.25) is 5.95 Å². The minimum absolute atomic E-state index is 0.0397. The Morgan fingerprint density at radius 3 is 2.74 bits per heavy atom. The van der Waals surface area contributed by atoms with Crippen LogP contribution in [0.5, 0.6) is 5.75 Å². The van der Waals surface area contributed by atoms with E-state index >= 15 is 0 Å². The number of Topliss-reactive ketones (excluding diaryl/α,β-unsaturated/α-hetero) is 1. The third-order valence-electron chi connectivity index (χ3n) is 5.53. The van der Waals surface area contributed by atoms with Crippen molar-refractivity contribution in [2.75, 3.05) is 11.4 Å². The summed E-state index contributed by atoms with van der Waals surface area (Å²) in [7, 11) is 0. The molecule has 27 heavy (non-hydrogen) atoms. The van der Waals surface area contributed by atoms with E-state index in [1.807, 2.05) is 24.3 Å². The quantitative estimate of drug-likeness (QED) is 0.756. The highest BCUT2D eigenvalue weighted by atomic mass is 16.3. The predicted octanol–water partition coefficient (Wildman–Crippen LogP) is 3.79. The van der Waals surface area contributed by atoms with E-state index in [4.69, 9.17) is 4.98 Å². The highest BCUT2D eigenvalue weighted by Gasteiger charge is 2.30. The number of para-hydroxylation sites is 2. The molecule has 0 unspecified atom stereocenters. The maximum Gasteiger partial charge on any atom is 0.230 e. The minimum Gasteiger partial charge on any atom is -0.508 e. The second-order valence-electron chi connectivity index (χ2n) is 7.15. The van der Waals surface area contributed by atoms with Crippen LogP contribution >= 0.6 is 0 Å². The number of carbonyl (C=O) groups excluding carboxylic acids is 1. The summed E-state index contributed by atoms with van der Waals surface area (Å²) in [4.78, 5) is 24.0. The third-order valence-corrected chi connectivity index (χ3v) is 5.53. The average molecular weight is 357 g/mol. The van der Waals surface area contributed by atoms with E-state index < -0.39 is 0 Å². The van der Waals surface area contributed by atoms with E-state index in [0.29, 0.717) is 24.4 Å². The highest BCUT2D eigenvalue weighted by Crippen LogP contribution is 2.37. The first-order chi connectivity index (χ1) is 13.2. The van der Waals surface area contributed by atoms with Crippen molar-refractivity contribution in [3.63, 3.8) is 0 Å². The molecule has 0 saturated carbocycles. The second-order valence-corrected chi connectivity index (χ2v) is 7.15. The molecular weight excluding hydrogens is 338 g/mol. The Morgan fingerprint density at radius 2 is 1.85 bits per heavy atom. The lowest BCUT2D eigenvalue weighted by Gasteiger charge is -2.25. The van der Waals surface area contributed by atoms with Gasteiger partial charge in [-0.15, -0.1) is 0 Å². The van der Waals surface area contributed by atoms with E-state index in [9.17, 15) is 9.90 Å². The summed E-state index contributed by atoms with van der Waals surface area (Å²) in [5, 5.41) is 10.2. The number of aromatic hydroxyl groups is 1. The Hall–Kier alpha value is -3.21. The smallest absolute Gasteiger partial charge is 0.230 e. The first-order valence-electron chi connectivity index (χ1n) is 9.23. The standard InChI is InChI=1S/C22H19N3O2/c26-20-8-4-2-6-16(20)15-11-18-17(21(27)12-15)13-23-22(24-18)25-10-9-14-5-1-3-7-19(14)25/h1-8,13,15,26H,9-12H2/t15-/m0/s1. The number of aromatic nitrogens is 2. The van der Waals surface area contributed by atoms with Crippen molar-refractivity contribution in [3.05, 3.63) is 77.1 Å². The number of phenolic OH excluding ortho intramolecular Hbond substituents is 1. The molecule has 5 heteroatoms. The van der Waals surface area contributed by atoms with Crippen molar-refractivity contribution in [1.29, 1.82) is 0 Å². The summed E-state index contributed by atoms with van der Waals surface area (Å²) >= 11 is 0. The van der Waals surface area contributed by atoms with Crippen molar-refractivity contribution in [2.24, 2.45) is 0 Å². The molecule has 1 atom stereocenters. The van der Waals surface area contributed by atoms with E-state index in [2.05, 4.69) is 22.0 Å². The van der Waals surface area contributed by atoms with Crippen LogP contribution in [0.1, 0.15) is 39.5 Å². The van der Waals surface area contributed by atoms with Gasteiger partial charge in [-0.25, -0.2) is 9.97 Å². The number of nitrogens with zero attached hydrogens (tertiary/aromatic N) is 3. The van der Waals surface area contributed by atoms with Crippen LogP contribution in [0, 0.1) is 0 Å². The van der Waals surface area contributed by atoms with Crippen LogP contribution in [0.4, 0.5) is 11.6 Å². The number of rotatable bonds is 2. The zero-order valence-corrected chi connectivity index (χ0v) is 14.8. The number of phenols is 1. The fraction of sp³-hybridized carbons (Fsp3) is 0.227. The van der Waals surface area contributed by atoms with Crippen molar-refractivity contribution in [3.8, 4) is 5.75 Å². The zero-order chi connectivity index (χ0) is 18.4. The molecule has 5 nitrogen and oxygen atoms in total. The maximum absolute atomic E-state index is 12.6. The molecule has 0 saturated heterocycles. The predicted molar refractivity (Wildman–Crippen MR) is 103 cm³/mol. The van der Waals surface area contributed by atoms with Crippen LogP contribution in [0.25, 0.3) is 0 Å². The molecule has 0 fully saturated rings. The lowest BCUT2D eigenvalue weighted by Crippen LogP contribution is -2.23. The molecule has 2 aromatic carbocycles. The van der Waals surface area contributed by atoms with Gasteiger partial charge in [0.15, 0.2) is 5.78 Å². The number of benzene rings is 2. The van der Waals surface area contributed by atoms with E-state index in [-0.39, 0.29) is 17.5 Å². The van der Waals surface area contributed by atoms with Crippen LogP contribution in [0.15, 0.2) is 54.7 Å². The Balaban J connectivity index is 1.51. The molecule has 1 N–H and O–H groups in total. The van der Waals surface area contributed by atoms with Gasteiger partial charge in [0.25, 0.3) is 0 Å². The second kappa shape index (κ2) is 6.20. The van der Waals surface area contributed by atoms with Crippen molar-refractivity contribution in [1.82, 2.24) is 9.97 Å². The lowest BCUT2D eigenvalue weighted by molar-refractivity contribution is 0.0962. The van der Waals surface area contributed by atoms with Gasteiger partial charge in [0, 0.05) is 30.8 Å². The average Bonchev–Trinajstić information content (AvgIpc) is 3.12. The summed E-state index contributed by atoms with van der Waals surface area (Å²) < 4.78 is 0. The van der Waals surface area contributed by atoms with Gasteiger partial charge in [0.05, 0.1) is 11.3 Å². The number of ketones is 1. The molecule has 2 aliphatic rings. The molecule has 0 radical (unpaired) electrons. The Morgan fingerprint density at radius 1 is 1.04 bits per heavy atom. The van der Waals surface area contributed by atoms with Gasteiger partial charge in [-0.05, 0) is 36.1 Å². The molecule has 2 heterocycles. The molecule has 1 aliphatic heterocycles. The van der Waals surface area contributed by atoms with Gasteiger partial charge < -0.3 is 10.0 Å². The Labute approximate surface area is 157 Å². The van der Waals surface area contributed by atoms with E-state index in [1.54, 1.807) is 18.3 Å².